The number of carbonyl (C=O) groups is 1. The van der Waals surface area contributed by atoms with Gasteiger partial charge in [-0.1, -0.05) is 18.2 Å². The van der Waals surface area contributed by atoms with Crippen molar-refractivity contribution in [2.24, 2.45) is 0 Å². The highest BCUT2D eigenvalue weighted by atomic mass is 16.5. The van der Waals surface area contributed by atoms with Gasteiger partial charge in [-0.2, -0.15) is 5.10 Å². The van der Waals surface area contributed by atoms with E-state index in [2.05, 4.69) is 15.5 Å². The summed E-state index contributed by atoms with van der Waals surface area (Å²) in [5.41, 5.74) is 2.59. The van der Waals surface area contributed by atoms with E-state index < -0.39 is 5.54 Å². The summed E-state index contributed by atoms with van der Waals surface area (Å²) in [5, 5.41) is 10.3. The molecule has 2 atom stereocenters. The number of para-hydroxylation sites is 1. The van der Waals surface area contributed by atoms with Gasteiger partial charge >= 0.3 is 0 Å². The normalized spacial score (nSPS) is 20.0. The molecule has 1 aromatic heterocycles. The van der Waals surface area contributed by atoms with E-state index in [9.17, 15) is 4.79 Å². The number of carbonyl (C=O) groups excluding carboxylic acids is 1. The maximum atomic E-state index is 12.9. The first-order valence-electron chi connectivity index (χ1n) is 8.52. The van der Waals surface area contributed by atoms with Crippen molar-refractivity contribution >= 4 is 5.91 Å². The van der Waals surface area contributed by atoms with Gasteiger partial charge in [0.15, 0.2) is 5.69 Å². The smallest absolute Gasteiger partial charge is 0.272 e. The van der Waals surface area contributed by atoms with Crippen molar-refractivity contribution in [1.82, 2.24) is 15.5 Å². The van der Waals surface area contributed by atoms with Crippen LogP contribution >= 0.6 is 0 Å². The molecule has 3 rings (SSSR count). The Kier molecular flexibility index (Phi) is 4.56. The number of nitrogens with zero attached hydrogens (tertiary/aromatic N) is 1. The summed E-state index contributed by atoms with van der Waals surface area (Å²) in [6.07, 6.45) is 0.650. The van der Waals surface area contributed by atoms with E-state index in [4.69, 9.17) is 9.47 Å². The Bertz CT molecular complexity index is 782. The molecule has 1 aliphatic rings. The van der Waals surface area contributed by atoms with Gasteiger partial charge in [-0.25, -0.2) is 0 Å². The summed E-state index contributed by atoms with van der Waals surface area (Å²) >= 11 is 0. The molecule has 0 saturated heterocycles. The number of aromatic nitrogens is 2. The first-order valence-corrected chi connectivity index (χ1v) is 8.52. The molecule has 2 heterocycles. The monoisotopic (exact) mass is 343 g/mol. The van der Waals surface area contributed by atoms with E-state index >= 15 is 0 Å². The van der Waals surface area contributed by atoms with Crippen molar-refractivity contribution in [2.75, 3.05) is 7.11 Å². The van der Waals surface area contributed by atoms with E-state index in [-0.39, 0.29) is 18.1 Å². The highest BCUT2D eigenvalue weighted by Crippen LogP contribution is 2.32. The number of nitrogens with one attached hydrogen (secondary N) is 2. The molecule has 0 fully saturated rings. The standard InChI is InChI=1S/C19H25N3O3/c1-11-10-13-16(12(2)25-11)21-22-17(13)18(23)20-19(3,4)14-8-6-7-9-15(14)24-5/h6-9,11-12H,10H2,1-5H3,(H,20,23)(H,21,22)/t11-,12+/m0/s1. The lowest BCUT2D eigenvalue weighted by Gasteiger charge is -2.29. The molecule has 2 aromatic rings. The Balaban J connectivity index is 1.88. The topological polar surface area (TPSA) is 76.2 Å². The Morgan fingerprint density at radius 3 is 2.80 bits per heavy atom. The number of ether oxygens (including phenoxy) is 2. The van der Waals surface area contributed by atoms with Crippen LogP contribution in [0, 0.1) is 0 Å². The number of methoxy groups -OCH3 is 1. The van der Waals surface area contributed by atoms with Gasteiger partial charge < -0.3 is 14.8 Å². The van der Waals surface area contributed by atoms with Crippen molar-refractivity contribution < 1.29 is 14.3 Å². The number of aromatic amines is 1. The molecule has 134 valence electrons. The van der Waals surface area contributed by atoms with Crippen LogP contribution < -0.4 is 10.1 Å². The minimum Gasteiger partial charge on any atom is -0.496 e. The fourth-order valence-electron chi connectivity index (χ4n) is 3.43. The van der Waals surface area contributed by atoms with Gasteiger partial charge in [0, 0.05) is 17.5 Å². The summed E-state index contributed by atoms with van der Waals surface area (Å²) in [6, 6.07) is 7.69. The molecule has 1 amide bonds. The maximum Gasteiger partial charge on any atom is 0.272 e. The summed E-state index contributed by atoms with van der Waals surface area (Å²) in [7, 11) is 1.63. The van der Waals surface area contributed by atoms with Crippen LogP contribution in [-0.4, -0.2) is 29.3 Å². The summed E-state index contributed by atoms with van der Waals surface area (Å²) in [4.78, 5) is 12.9. The molecule has 0 saturated carbocycles. The second-order valence-electron chi connectivity index (χ2n) is 7.04. The van der Waals surface area contributed by atoms with Crippen molar-refractivity contribution in [1.29, 1.82) is 0 Å². The SMILES string of the molecule is COc1ccccc1C(C)(C)NC(=O)c1n[nH]c2c1C[C@H](C)O[C@@H]2C. The number of amides is 1. The minimum absolute atomic E-state index is 0.0638. The molecule has 0 spiro atoms. The number of H-pyrrole nitrogens is 1. The maximum absolute atomic E-state index is 12.9. The molecule has 0 unspecified atom stereocenters. The molecule has 25 heavy (non-hydrogen) atoms. The summed E-state index contributed by atoms with van der Waals surface area (Å²) < 4.78 is 11.2. The van der Waals surface area contributed by atoms with Crippen LogP contribution in [0.5, 0.6) is 5.75 Å². The lowest BCUT2D eigenvalue weighted by Crippen LogP contribution is -2.42. The lowest BCUT2D eigenvalue weighted by molar-refractivity contribution is -0.00697. The number of rotatable bonds is 4. The predicted molar refractivity (Wildman–Crippen MR) is 94.7 cm³/mol. The molecular weight excluding hydrogens is 318 g/mol. The number of benzene rings is 1. The molecule has 0 bridgehead atoms. The predicted octanol–water partition coefficient (Wildman–Crippen LogP) is 3.11. The van der Waals surface area contributed by atoms with Crippen molar-refractivity contribution in [3.63, 3.8) is 0 Å². The quantitative estimate of drug-likeness (QED) is 0.894. The zero-order chi connectivity index (χ0) is 18.2. The lowest BCUT2D eigenvalue weighted by atomic mass is 9.92. The Morgan fingerprint density at radius 1 is 1.36 bits per heavy atom. The Hall–Kier alpha value is -2.34. The third kappa shape index (κ3) is 3.26. The van der Waals surface area contributed by atoms with Crippen LogP contribution in [0.2, 0.25) is 0 Å². The molecule has 1 aliphatic heterocycles. The molecule has 6 nitrogen and oxygen atoms in total. The third-order valence-corrected chi connectivity index (χ3v) is 4.66. The largest absolute Gasteiger partial charge is 0.496 e. The molecule has 0 aliphatic carbocycles. The van der Waals surface area contributed by atoms with Crippen LogP contribution in [0.25, 0.3) is 0 Å². The fourth-order valence-corrected chi connectivity index (χ4v) is 3.43. The average molecular weight is 343 g/mol. The van der Waals surface area contributed by atoms with E-state index in [1.807, 2.05) is 52.0 Å². The van der Waals surface area contributed by atoms with Crippen molar-refractivity contribution in [2.45, 2.75) is 51.9 Å². The van der Waals surface area contributed by atoms with Crippen LogP contribution in [-0.2, 0) is 16.7 Å². The van der Waals surface area contributed by atoms with Crippen LogP contribution in [0.1, 0.15) is 61.1 Å². The average Bonchev–Trinajstić information content (AvgIpc) is 2.98. The summed E-state index contributed by atoms with van der Waals surface area (Å²) in [5.74, 6) is 0.544. The van der Waals surface area contributed by atoms with Gasteiger partial charge in [0.1, 0.15) is 5.75 Å². The highest BCUT2D eigenvalue weighted by molar-refractivity contribution is 5.94. The molecule has 6 heteroatoms. The zero-order valence-corrected chi connectivity index (χ0v) is 15.3. The first-order chi connectivity index (χ1) is 11.8. The molecule has 0 radical (unpaired) electrons. The van der Waals surface area contributed by atoms with Crippen LogP contribution in [0.3, 0.4) is 0 Å². The van der Waals surface area contributed by atoms with Gasteiger partial charge in [-0.05, 0) is 33.8 Å². The Morgan fingerprint density at radius 2 is 2.08 bits per heavy atom. The van der Waals surface area contributed by atoms with Gasteiger partial charge in [-0.15, -0.1) is 0 Å². The van der Waals surface area contributed by atoms with Crippen molar-refractivity contribution in [3.05, 3.63) is 46.8 Å². The van der Waals surface area contributed by atoms with E-state index in [0.29, 0.717) is 12.1 Å². The number of fused-ring (bicyclic) bond motifs is 1. The van der Waals surface area contributed by atoms with Crippen LogP contribution in [0.15, 0.2) is 24.3 Å². The minimum atomic E-state index is -0.599. The number of hydrogen-bond donors (Lipinski definition) is 2. The van der Waals surface area contributed by atoms with E-state index in [1.165, 1.54) is 0 Å². The van der Waals surface area contributed by atoms with Crippen LogP contribution in [0.4, 0.5) is 0 Å². The number of hydrogen-bond acceptors (Lipinski definition) is 4. The van der Waals surface area contributed by atoms with E-state index in [0.717, 1.165) is 22.6 Å². The first kappa shape index (κ1) is 17.5. The van der Waals surface area contributed by atoms with Gasteiger partial charge in [-0.3, -0.25) is 9.89 Å². The van der Waals surface area contributed by atoms with Gasteiger partial charge in [0.2, 0.25) is 0 Å². The second kappa shape index (κ2) is 6.52. The van der Waals surface area contributed by atoms with Gasteiger partial charge in [0.05, 0.1) is 30.6 Å². The van der Waals surface area contributed by atoms with E-state index in [1.54, 1.807) is 7.11 Å². The Labute approximate surface area is 147 Å². The molecule has 1 aromatic carbocycles. The summed E-state index contributed by atoms with van der Waals surface area (Å²) in [6.45, 7) is 7.88. The van der Waals surface area contributed by atoms with Gasteiger partial charge in [0.25, 0.3) is 5.91 Å². The van der Waals surface area contributed by atoms with Crippen molar-refractivity contribution in [3.8, 4) is 5.75 Å². The third-order valence-electron chi connectivity index (χ3n) is 4.66. The zero-order valence-electron chi connectivity index (χ0n) is 15.3. The molecular formula is C19H25N3O3. The second-order valence-corrected chi connectivity index (χ2v) is 7.04. The molecule has 2 N–H and O–H groups in total. The fraction of sp³-hybridized carbons (Fsp3) is 0.474. The highest BCUT2D eigenvalue weighted by Gasteiger charge is 2.32.